The largest absolute Gasteiger partial charge is 0.458 e. The Labute approximate surface area is 108 Å². The lowest BCUT2D eigenvalue weighted by molar-refractivity contribution is -0.145. The number of pyridine rings is 1. The quantitative estimate of drug-likeness (QED) is 0.731. The Morgan fingerprint density at radius 1 is 1.42 bits per heavy atom. The van der Waals surface area contributed by atoms with Crippen molar-refractivity contribution in [3.63, 3.8) is 0 Å². The number of carbonyl (C=O) groups is 1. The fraction of sp³-hybridized carbons (Fsp3) is 0.273. The zero-order valence-corrected chi connectivity index (χ0v) is 10.3. The molecule has 0 fully saturated rings. The van der Waals surface area contributed by atoms with E-state index in [1.807, 2.05) is 0 Å². The number of aromatic nitrogens is 4. The predicted octanol–water partition coefficient (Wildman–Crippen LogP) is -0.698. The lowest BCUT2D eigenvalue weighted by Crippen LogP contribution is -2.24. The highest BCUT2D eigenvalue weighted by Gasteiger charge is 2.08. The van der Waals surface area contributed by atoms with Gasteiger partial charge in [0.2, 0.25) is 0 Å². The van der Waals surface area contributed by atoms with E-state index in [-0.39, 0.29) is 18.7 Å². The molecule has 0 atom stereocenters. The maximum absolute atomic E-state index is 11.6. The van der Waals surface area contributed by atoms with Gasteiger partial charge in [-0.2, -0.15) is 0 Å². The van der Waals surface area contributed by atoms with E-state index in [0.29, 0.717) is 11.4 Å². The van der Waals surface area contributed by atoms with Crippen LogP contribution in [0.1, 0.15) is 5.69 Å². The summed E-state index contributed by atoms with van der Waals surface area (Å²) in [5.74, 6) is -0.543. The molecule has 0 bridgehead atoms. The highest BCUT2D eigenvalue weighted by Crippen LogP contribution is 1.98. The zero-order valence-electron chi connectivity index (χ0n) is 10.3. The number of nitrogen functional groups attached to an aromatic ring is 1. The van der Waals surface area contributed by atoms with E-state index in [1.165, 1.54) is 27.6 Å². The highest BCUT2D eigenvalue weighted by molar-refractivity contribution is 5.69. The topological polar surface area (TPSA) is 105 Å². The van der Waals surface area contributed by atoms with Crippen molar-refractivity contribution in [3.05, 3.63) is 40.6 Å². The molecule has 8 nitrogen and oxygen atoms in total. The van der Waals surface area contributed by atoms with E-state index in [1.54, 1.807) is 13.2 Å². The Morgan fingerprint density at radius 3 is 2.89 bits per heavy atom. The monoisotopic (exact) mass is 263 g/mol. The van der Waals surface area contributed by atoms with E-state index >= 15 is 0 Å². The Kier molecular flexibility index (Phi) is 3.60. The minimum atomic E-state index is -0.543. The van der Waals surface area contributed by atoms with Crippen molar-refractivity contribution < 1.29 is 9.53 Å². The molecular formula is C11H13N5O3. The van der Waals surface area contributed by atoms with E-state index in [9.17, 15) is 9.59 Å². The molecule has 100 valence electrons. The average Bonchev–Trinajstić information content (AvgIpc) is 2.77. The SMILES string of the molecule is Cn1cc(COC(=O)Cn2cc(N)ccc2=O)nn1. The van der Waals surface area contributed by atoms with Gasteiger partial charge in [0.25, 0.3) is 5.56 Å². The van der Waals surface area contributed by atoms with E-state index in [4.69, 9.17) is 10.5 Å². The van der Waals surface area contributed by atoms with Crippen molar-refractivity contribution in [3.8, 4) is 0 Å². The molecule has 0 radical (unpaired) electrons. The van der Waals surface area contributed by atoms with Crippen molar-refractivity contribution >= 4 is 11.7 Å². The Hall–Kier alpha value is -2.64. The molecule has 0 aliphatic heterocycles. The second-order valence-electron chi connectivity index (χ2n) is 3.97. The fourth-order valence-corrected chi connectivity index (χ4v) is 1.47. The summed E-state index contributed by atoms with van der Waals surface area (Å²) in [6, 6.07) is 2.77. The number of esters is 1. The minimum absolute atomic E-state index is 0.0176. The standard InChI is InChI=1S/C11H13N5O3/c1-15-5-9(13-14-15)7-19-11(18)6-16-4-8(12)2-3-10(16)17/h2-5H,6-7,12H2,1H3. The molecule has 0 saturated heterocycles. The number of hydrogen-bond acceptors (Lipinski definition) is 6. The minimum Gasteiger partial charge on any atom is -0.458 e. The van der Waals surface area contributed by atoms with Crippen LogP contribution in [-0.2, 0) is 29.7 Å². The molecule has 2 rings (SSSR count). The van der Waals surface area contributed by atoms with Crippen LogP contribution in [0.4, 0.5) is 5.69 Å². The van der Waals surface area contributed by atoms with Gasteiger partial charge in [-0.15, -0.1) is 5.10 Å². The molecule has 0 unspecified atom stereocenters. The normalized spacial score (nSPS) is 10.4. The van der Waals surface area contributed by atoms with Gasteiger partial charge in [0.1, 0.15) is 18.8 Å². The molecule has 2 aromatic heterocycles. The van der Waals surface area contributed by atoms with Crippen LogP contribution in [0.15, 0.2) is 29.3 Å². The Morgan fingerprint density at radius 2 is 2.21 bits per heavy atom. The van der Waals surface area contributed by atoms with Crippen molar-refractivity contribution in [1.82, 2.24) is 19.6 Å². The number of nitrogens with zero attached hydrogens (tertiary/aromatic N) is 4. The lowest BCUT2D eigenvalue weighted by atomic mass is 10.4. The number of carbonyl (C=O) groups excluding carboxylic acids is 1. The van der Waals surface area contributed by atoms with Gasteiger partial charge in [0.05, 0.1) is 6.20 Å². The highest BCUT2D eigenvalue weighted by atomic mass is 16.5. The van der Waals surface area contributed by atoms with Gasteiger partial charge in [0, 0.05) is 25.0 Å². The van der Waals surface area contributed by atoms with Crippen LogP contribution < -0.4 is 11.3 Å². The number of rotatable bonds is 4. The first-order valence-electron chi connectivity index (χ1n) is 5.51. The van der Waals surface area contributed by atoms with Crippen LogP contribution in [0, 0.1) is 0 Å². The maximum atomic E-state index is 11.6. The summed E-state index contributed by atoms with van der Waals surface area (Å²) >= 11 is 0. The number of hydrogen-bond donors (Lipinski definition) is 1. The summed E-state index contributed by atoms with van der Waals surface area (Å²) in [6.45, 7) is -0.173. The molecule has 2 aromatic rings. The van der Waals surface area contributed by atoms with Gasteiger partial charge in [-0.25, -0.2) is 0 Å². The molecule has 0 aliphatic carbocycles. The first-order chi connectivity index (χ1) is 9.04. The van der Waals surface area contributed by atoms with E-state index in [0.717, 1.165) is 0 Å². The molecule has 2 heterocycles. The van der Waals surface area contributed by atoms with Gasteiger partial charge in [0.15, 0.2) is 0 Å². The molecule has 19 heavy (non-hydrogen) atoms. The number of anilines is 1. The Bertz CT molecular complexity index is 646. The van der Waals surface area contributed by atoms with Gasteiger partial charge in [-0.05, 0) is 6.07 Å². The molecule has 2 N–H and O–H groups in total. The zero-order chi connectivity index (χ0) is 13.8. The fourth-order valence-electron chi connectivity index (χ4n) is 1.47. The summed E-state index contributed by atoms with van der Waals surface area (Å²) in [5.41, 5.74) is 6.17. The average molecular weight is 263 g/mol. The third-order valence-corrected chi connectivity index (χ3v) is 2.34. The Balaban J connectivity index is 1.94. The molecule has 0 saturated carbocycles. The van der Waals surface area contributed by atoms with Crippen molar-refractivity contribution in [1.29, 1.82) is 0 Å². The second kappa shape index (κ2) is 5.34. The number of nitrogens with two attached hydrogens (primary N) is 1. The summed E-state index contributed by atoms with van der Waals surface area (Å²) in [7, 11) is 1.71. The van der Waals surface area contributed by atoms with Crippen LogP contribution in [0.2, 0.25) is 0 Å². The van der Waals surface area contributed by atoms with Crippen LogP contribution in [0.25, 0.3) is 0 Å². The smallest absolute Gasteiger partial charge is 0.326 e. The van der Waals surface area contributed by atoms with Crippen LogP contribution in [-0.4, -0.2) is 25.5 Å². The third kappa shape index (κ3) is 3.41. The van der Waals surface area contributed by atoms with Gasteiger partial charge in [-0.3, -0.25) is 14.3 Å². The first-order valence-corrected chi connectivity index (χ1v) is 5.51. The van der Waals surface area contributed by atoms with Crippen LogP contribution in [0.5, 0.6) is 0 Å². The van der Waals surface area contributed by atoms with Crippen molar-refractivity contribution in [2.45, 2.75) is 13.2 Å². The molecular weight excluding hydrogens is 250 g/mol. The summed E-state index contributed by atoms with van der Waals surface area (Å²) in [5, 5.41) is 7.48. The van der Waals surface area contributed by atoms with Crippen LogP contribution >= 0.6 is 0 Å². The van der Waals surface area contributed by atoms with Crippen molar-refractivity contribution in [2.75, 3.05) is 5.73 Å². The molecule has 0 amide bonds. The first kappa shape index (κ1) is 12.8. The molecule has 8 heteroatoms. The lowest BCUT2D eigenvalue weighted by Gasteiger charge is -2.06. The summed E-state index contributed by atoms with van der Waals surface area (Å²) in [4.78, 5) is 23.0. The molecule has 0 aromatic carbocycles. The van der Waals surface area contributed by atoms with Gasteiger partial charge >= 0.3 is 5.97 Å². The van der Waals surface area contributed by atoms with Crippen LogP contribution in [0.3, 0.4) is 0 Å². The predicted molar refractivity (Wildman–Crippen MR) is 65.9 cm³/mol. The molecule has 0 aliphatic rings. The second-order valence-corrected chi connectivity index (χ2v) is 3.97. The maximum Gasteiger partial charge on any atom is 0.326 e. The molecule has 0 spiro atoms. The van der Waals surface area contributed by atoms with Gasteiger partial charge in [-0.1, -0.05) is 5.21 Å². The number of aryl methyl sites for hydroxylation is 1. The summed E-state index contributed by atoms with van der Waals surface area (Å²) < 4.78 is 7.68. The van der Waals surface area contributed by atoms with Crippen molar-refractivity contribution in [2.24, 2.45) is 7.05 Å². The van der Waals surface area contributed by atoms with E-state index < -0.39 is 5.97 Å². The summed E-state index contributed by atoms with van der Waals surface area (Å²) in [6.07, 6.45) is 3.03. The number of ether oxygens (including phenoxy) is 1. The van der Waals surface area contributed by atoms with Gasteiger partial charge < -0.3 is 15.0 Å². The third-order valence-electron chi connectivity index (χ3n) is 2.34. The van der Waals surface area contributed by atoms with E-state index in [2.05, 4.69) is 10.3 Å².